The first-order chi connectivity index (χ1) is 16.9. The molecule has 2 amide bonds. The third kappa shape index (κ3) is 5.99. The minimum absolute atomic E-state index is 0.126. The monoisotopic (exact) mass is 531 g/mol. The van der Waals surface area contributed by atoms with Gasteiger partial charge in [-0.2, -0.15) is 0 Å². The molecule has 0 spiro atoms. The van der Waals surface area contributed by atoms with E-state index in [0.717, 1.165) is 22.2 Å². The molecule has 3 aromatic carbocycles. The van der Waals surface area contributed by atoms with Crippen molar-refractivity contribution in [3.8, 4) is 11.5 Å². The largest absolute Gasteiger partial charge is 0.490 e. The number of benzene rings is 3. The van der Waals surface area contributed by atoms with Crippen LogP contribution >= 0.6 is 35.0 Å². The number of thioether (sulfide) groups is 1. The maximum Gasteiger partial charge on any atom is 0.293 e. The Morgan fingerprint density at radius 1 is 0.971 bits per heavy atom. The summed E-state index contributed by atoms with van der Waals surface area (Å²) in [7, 11) is 0. The number of hydrogen-bond acceptors (Lipinski definition) is 5. The van der Waals surface area contributed by atoms with E-state index < -0.39 is 17.0 Å². The van der Waals surface area contributed by atoms with Crippen LogP contribution in [0.3, 0.4) is 0 Å². The summed E-state index contributed by atoms with van der Waals surface area (Å²) in [5, 5.41) is 0.587. The smallest absolute Gasteiger partial charge is 0.293 e. The fourth-order valence-electron chi connectivity index (χ4n) is 3.38. The second-order valence-corrected chi connectivity index (χ2v) is 9.36. The van der Waals surface area contributed by atoms with Crippen LogP contribution in [0.2, 0.25) is 10.0 Å². The molecule has 0 unspecified atom stereocenters. The first kappa shape index (κ1) is 25.1. The molecule has 1 saturated heterocycles. The van der Waals surface area contributed by atoms with Crippen molar-refractivity contribution < 1.29 is 23.5 Å². The molecule has 4 rings (SSSR count). The van der Waals surface area contributed by atoms with E-state index in [-0.39, 0.29) is 23.6 Å². The van der Waals surface area contributed by atoms with Gasteiger partial charge in [0, 0.05) is 21.2 Å². The zero-order chi connectivity index (χ0) is 24.9. The van der Waals surface area contributed by atoms with Crippen LogP contribution in [-0.4, -0.2) is 22.7 Å². The number of hydrogen-bond donors (Lipinski definition) is 0. The molecular weight excluding hydrogens is 512 g/mol. The second kappa shape index (κ2) is 11.2. The lowest BCUT2D eigenvalue weighted by molar-refractivity contribution is -0.123. The van der Waals surface area contributed by atoms with E-state index in [1.165, 1.54) is 6.07 Å². The van der Waals surface area contributed by atoms with Gasteiger partial charge >= 0.3 is 0 Å². The molecule has 0 aromatic heterocycles. The van der Waals surface area contributed by atoms with Crippen molar-refractivity contribution in [1.29, 1.82) is 0 Å². The van der Waals surface area contributed by atoms with Crippen molar-refractivity contribution in [3.63, 3.8) is 0 Å². The van der Waals surface area contributed by atoms with Gasteiger partial charge in [0.25, 0.3) is 11.1 Å². The Hall–Kier alpha value is -3.00. The molecule has 0 saturated carbocycles. The summed E-state index contributed by atoms with van der Waals surface area (Å²) >= 11 is 13.0. The van der Waals surface area contributed by atoms with E-state index in [9.17, 15) is 14.0 Å². The number of carbonyl (C=O) groups is 2. The van der Waals surface area contributed by atoms with Gasteiger partial charge in [-0.15, -0.1) is 0 Å². The maximum absolute atomic E-state index is 14.0. The van der Waals surface area contributed by atoms with Crippen LogP contribution < -0.4 is 9.47 Å². The first-order valence-corrected chi connectivity index (χ1v) is 12.2. The lowest BCUT2D eigenvalue weighted by Crippen LogP contribution is -2.27. The Morgan fingerprint density at radius 2 is 1.77 bits per heavy atom. The van der Waals surface area contributed by atoms with Crippen LogP contribution in [0.5, 0.6) is 11.5 Å². The molecule has 0 bridgehead atoms. The van der Waals surface area contributed by atoms with E-state index >= 15 is 0 Å². The van der Waals surface area contributed by atoms with Crippen LogP contribution in [0.4, 0.5) is 9.18 Å². The van der Waals surface area contributed by atoms with Gasteiger partial charge in [-0.05, 0) is 60.7 Å². The normalized spacial score (nSPS) is 14.6. The average molecular weight is 532 g/mol. The number of ether oxygens (including phenoxy) is 2. The highest BCUT2D eigenvalue weighted by atomic mass is 35.5. The number of rotatable bonds is 8. The first-order valence-electron chi connectivity index (χ1n) is 10.7. The number of carbonyl (C=O) groups excluding carboxylic acids is 2. The highest BCUT2D eigenvalue weighted by Gasteiger charge is 2.35. The number of imide groups is 1. The Kier molecular flexibility index (Phi) is 8.00. The zero-order valence-corrected chi connectivity index (χ0v) is 20.9. The Morgan fingerprint density at radius 3 is 2.51 bits per heavy atom. The zero-order valence-electron chi connectivity index (χ0n) is 18.6. The lowest BCUT2D eigenvalue weighted by atomic mass is 10.1. The molecule has 1 heterocycles. The quantitative estimate of drug-likeness (QED) is 0.284. The molecule has 1 aliphatic heterocycles. The highest BCUT2D eigenvalue weighted by molar-refractivity contribution is 8.18. The molecule has 0 atom stereocenters. The summed E-state index contributed by atoms with van der Waals surface area (Å²) in [6, 6.07) is 16.4. The summed E-state index contributed by atoms with van der Waals surface area (Å²) in [6.45, 7) is 2.34. The molecule has 180 valence electrons. The summed E-state index contributed by atoms with van der Waals surface area (Å²) in [5.41, 5.74) is 1.70. The molecule has 0 radical (unpaired) electrons. The minimum atomic E-state index is -0.473. The van der Waals surface area contributed by atoms with Gasteiger partial charge in [0.05, 0.1) is 18.1 Å². The van der Waals surface area contributed by atoms with E-state index in [1.807, 2.05) is 6.92 Å². The third-order valence-corrected chi connectivity index (χ3v) is 6.62. The second-order valence-electron chi connectivity index (χ2n) is 7.52. The Labute approximate surface area is 216 Å². The SMILES string of the molecule is CCOc1cc(/C=C2\SC(=O)N(Cc3ccccc3F)C2=O)ccc1OCc1ccc(Cl)cc1Cl. The molecule has 0 aliphatic carbocycles. The van der Waals surface area contributed by atoms with Crippen LogP contribution in [-0.2, 0) is 17.9 Å². The van der Waals surface area contributed by atoms with Crippen molar-refractivity contribution >= 4 is 52.2 Å². The van der Waals surface area contributed by atoms with Crippen LogP contribution in [0.1, 0.15) is 23.6 Å². The van der Waals surface area contributed by atoms with Gasteiger partial charge in [0.1, 0.15) is 12.4 Å². The molecule has 5 nitrogen and oxygen atoms in total. The molecule has 1 fully saturated rings. The maximum atomic E-state index is 14.0. The minimum Gasteiger partial charge on any atom is -0.490 e. The molecule has 1 aliphatic rings. The van der Waals surface area contributed by atoms with E-state index in [2.05, 4.69) is 0 Å². The number of amides is 2. The summed E-state index contributed by atoms with van der Waals surface area (Å²) in [6.07, 6.45) is 1.61. The van der Waals surface area contributed by atoms with Gasteiger partial charge in [0.2, 0.25) is 0 Å². The summed E-state index contributed by atoms with van der Waals surface area (Å²) in [5.74, 6) is 0.0471. The van der Waals surface area contributed by atoms with Gasteiger partial charge in [-0.25, -0.2) is 4.39 Å². The van der Waals surface area contributed by atoms with Crippen molar-refractivity contribution in [3.05, 3.63) is 98.1 Å². The Bertz CT molecular complexity index is 1310. The molecule has 35 heavy (non-hydrogen) atoms. The number of nitrogens with zero attached hydrogens (tertiary/aromatic N) is 1. The van der Waals surface area contributed by atoms with Crippen LogP contribution in [0.25, 0.3) is 6.08 Å². The van der Waals surface area contributed by atoms with Gasteiger partial charge in [-0.1, -0.05) is 53.5 Å². The van der Waals surface area contributed by atoms with Gasteiger partial charge in [0.15, 0.2) is 11.5 Å². The van der Waals surface area contributed by atoms with E-state index in [4.69, 9.17) is 32.7 Å². The van der Waals surface area contributed by atoms with E-state index in [0.29, 0.717) is 33.7 Å². The van der Waals surface area contributed by atoms with Gasteiger partial charge < -0.3 is 9.47 Å². The average Bonchev–Trinajstić information content (AvgIpc) is 3.08. The highest BCUT2D eigenvalue weighted by Crippen LogP contribution is 2.36. The lowest BCUT2D eigenvalue weighted by Gasteiger charge is -2.14. The standard InChI is InChI=1S/C26H20Cl2FNO4S/c1-2-33-23-11-16(7-10-22(23)34-15-18-8-9-19(27)13-20(18)28)12-24-25(31)30(26(32)35-24)14-17-5-3-4-6-21(17)29/h3-13H,2,14-15H2,1H3/b24-12-. The van der Waals surface area contributed by atoms with E-state index in [1.54, 1.807) is 60.7 Å². The number of halogens is 3. The van der Waals surface area contributed by atoms with Crippen molar-refractivity contribution in [1.82, 2.24) is 4.90 Å². The van der Waals surface area contributed by atoms with Crippen molar-refractivity contribution in [2.75, 3.05) is 6.61 Å². The van der Waals surface area contributed by atoms with Crippen LogP contribution in [0.15, 0.2) is 65.6 Å². The summed E-state index contributed by atoms with van der Waals surface area (Å²) < 4.78 is 25.6. The van der Waals surface area contributed by atoms with Crippen LogP contribution in [0, 0.1) is 5.82 Å². The fourth-order valence-corrected chi connectivity index (χ4v) is 4.68. The van der Waals surface area contributed by atoms with Crippen molar-refractivity contribution in [2.24, 2.45) is 0 Å². The topological polar surface area (TPSA) is 55.8 Å². The molecule has 0 N–H and O–H groups in total. The fraction of sp³-hybridized carbons (Fsp3) is 0.154. The predicted octanol–water partition coefficient (Wildman–Crippen LogP) is 7.35. The van der Waals surface area contributed by atoms with Gasteiger partial charge in [-0.3, -0.25) is 14.5 Å². The molecular formula is C26H20Cl2FNO4S. The molecule has 9 heteroatoms. The Balaban J connectivity index is 1.52. The third-order valence-electron chi connectivity index (χ3n) is 5.12. The summed E-state index contributed by atoms with van der Waals surface area (Å²) in [4.78, 5) is 26.6. The van der Waals surface area contributed by atoms with Crippen molar-refractivity contribution in [2.45, 2.75) is 20.1 Å². The molecule has 3 aromatic rings. The predicted molar refractivity (Wildman–Crippen MR) is 136 cm³/mol.